The molecule has 0 unspecified atom stereocenters. The number of aliphatic hydroxyl groups is 1. The van der Waals surface area contributed by atoms with Gasteiger partial charge < -0.3 is 10.0 Å². The van der Waals surface area contributed by atoms with E-state index < -0.39 is 6.10 Å². The summed E-state index contributed by atoms with van der Waals surface area (Å²) in [7, 11) is 0. The Balaban J connectivity index is 2.97. The molecule has 1 aromatic carbocycles. The van der Waals surface area contributed by atoms with Crippen molar-refractivity contribution in [2.45, 2.75) is 26.4 Å². The van der Waals surface area contributed by atoms with Gasteiger partial charge in [-0.25, -0.2) is 0 Å². The van der Waals surface area contributed by atoms with Gasteiger partial charge in [-0.1, -0.05) is 35.0 Å². The monoisotopic (exact) mass is 297 g/mol. The van der Waals surface area contributed by atoms with Crippen LogP contribution in [0.2, 0.25) is 0 Å². The third kappa shape index (κ3) is 3.86. The lowest BCUT2D eigenvalue weighted by Crippen LogP contribution is -2.23. The van der Waals surface area contributed by atoms with Gasteiger partial charge in [-0.2, -0.15) is 0 Å². The summed E-state index contributed by atoms with van der Waals surface area (Å²) < 4.78 is 0.954. The molecule has 0 radical (unpaired) electrons. The molecule has 0 aliphatic rings. The van der Waals surface area contributed by atoms with Crippen molar-refractivity contribution in [3.8, 4) is 0 Å². The summed E-state index contributed by atoms with van der Waals surface area (Å²) in [6, 6.07) is 6.07. The maximum atomic E-state index is 9.58. The quantitative estimate of drug-likeness (QED) is 0.805. The topological polar surface area (TPSA) is 23.5 Å². The zero-order valence-corrected chi connectivity index (χ0v) is 12.1. The fourth-order valence-electron chi connectivity index (χ4n) is 1.80. The largest absolute Gasteiger partial charge is 0.389 e. The second kappa shape index (κ2) is 6.82. The highest BCUT2D eigenvalue weighted by Gasteiger charge is 2.09. The SMILES string of the molecule is C=CCN(CCC)c1ccc([C@@H](C)O)c(Br)c1. The smallest absolute Gasteiger partial charge is 0.0772 e. The highest BCUT2D eigenvalue weighted by molar-refractivity contribution is 9.10. The van der Waals surface area contributed by atoms with Gasteiger partial charge >= 0.3 is 0 Å². The first-order valence-corrected chi connectivity index (χ1v) is 6.72. The molecule has 0 aromatic heterocycles. The predicted octanol–water partition coefficient (Wildman–Crippen LogP) is 3.90. The number of nitrogens with zero attached hydrogens (tertiary/aromatic N) is 1. The molecule has 1 N–H and O–H groups in total. The molecule has 1 aromatic rings. The normalized spacial score (nSPS) is 12.2. The fourth-order valence-corrected chi connectivity index (χ4v) is 2.50. The Morgan fingerprint density at radius 1 is 1.53 bits per heavy atom. The Bertz CT molecular complexity index is 376. The van der Waals surface area contributed by atoms with Crippen molar-refractivity contribution in [3.63, 3.8) is 0 Å². The minimum atomic E-state index is -0.447. The van der Waals surface area contributed by atoms with Gasteiger partial charge in [0.2, 0.25) is 0 Å². The number of benzene rings is 1. The van der Waals surface area contributed by atoms with Crippen LogP contribution in [-0.2, 0) is 0 Å². The molecule has 94 valence electrons. The van der Waals surface area contributed by atoms with Crippen LogP contribution in [-0.4, -0.2) is 18.2 Å². The minimum absolute atomic E-state index is 0.447. The van der Waals surface area contributed by atoms with Crippen molar-refractivity contribution in [1.29, 1.82) is 0 Å². The summed E-state index contributed by atoms with van der Waals surface area (Å²) in [6.07, 6.45) is 2.56. The molecule has 0 heterocycles. The van der Waals surface area contributed by atoms with Crippen molar-refractivity contribution in [3.05, 3.63) is 40.9 Å². The first kappa shape index (κ1) is 14.3. The Labute approximate surface area is 112 Å². The molecule has 2 nitrogen and oxygen atoms in total. The van der Waals surface area contributed by atoms with Gasteiger partial charge in [0.15, 0.2) is 0 Å². The van der Waals surface area contributed by atoms with Crippen molar-refractivity contribution < 1.29 is 5.11 Å². The van der Waals surface area contributed by atoms with E-state index >= 15 is 0 Å². The molecule has 1 rings (SSSR count). The van der Waals surface area contributed by atoms with Crippen LogP contribution in [0.5, 0.6) is 0 Å². The molecule has 0 bridgehead atoms. The average Bonchev–Trinajstić information content (AvgIpc) is 2.28. The molecule has 0 saturated carbocycles. The molecular weight excluding hydrogens is 278 g/mol. The lowest BCUT2D eigenvalue weighted by Gasteiger charge is -2.23. The fraction of sp³-hybridized carbons (Fsp3) is 0.429. The van der Waals surface area contributed by atoms with E-state index in [0.717, 1.165) is 35.2 Å². The average molecular weight is 298 g/mol. The lowest BCUT2D eigenvalue weighted by molar-refractivity contribution is 0.198. The maximum Gasteiger partial charge on any atom is 0.0772 e. The Morgan fingerprint density at radius 3 is 2.71 bits per heavy atom. The van der Waals surface area contributed by atoms with Crippen molar-refractivity contribution >= 4 is 21.6 Å². The van der Waals surface area contributed by atoms with Gasteiger partial charge in [0, 0.05) is 23.2 Å². The molecule has 0 spiro atoms. The maximum absolute atomic E-state index is 9.58. The Morgan fingerprint density at radius 2 is 2.24 bits per heavy atom. The molecule has 1 atom stereocenters. The number of hydrogen-bond acceptors (Lipinski definition) is 2. The zero-order chi connectivity index (χ0) is 12.8. The third-order valence-electron chi connectivity index (χ3n) is 2.64. The van der Waals surface area contributed by atoms with Crippen molar-refractivity contribution in [2.75, 3.05) is 18.0 Å². The second-order valence-electron chi connectivity index (χ2n) is 4.12. The van der Waals surface area contributed by atoms with Crippen LogP contribution in [0.25, 0.3) is 0 Å². The number of anilines is 1. The number of halogens is 1. The Kier molecular flexibility index (Phi) is 5.72. The Hall–Kier alpha value is -0.800. The van der Waals surface area contributed by atoms with Crippen LogP contribution in [0.4, 0.5) is 5.69 Å². The van der Waals surface area contributed by atoms with Crippen LogP contribution in [0, 0.1) is 0 Å². The number of rotatable bonds is 6. The van der Waals surface area contributed by atoms with Gasteiger partial charge in [-0.15, -0.1) is 6.58 Å². The van der Waals surface area contributed by atoms with Crippen LogP contribution >= 0.6 is 15.9 Å². The molecular formula is C14H20BrNO. The van der Waals surface area contributed by atoms with Gasteiger partial charge in [0.25, 0.3) is 0 Å². The lowest BCUT2D eigenvalue weighted by atomic mass is 10.1. The summed E-state index contributed by atoms with van der Waals surface area (Å²) in [6.45, 7) is 9.56. The van der Waals surface area contributed by atoms with E-state index in [9.17, 15) is 5.11 Å². The first-order chi connectivity index (χ1) is 8.10. The van der Waals surface area contributed by atoms with Crippen LogP contribution < -0.4 is 4.90 Å². The molecule has 17 heavy (non-hydrogen) atoms. The summed E-state index contributed by atoms with van der Waals surface area (Å²) in [5.74, 6) is 0. The minimum Gasteiger partial charge on any atom is -0.389 e. The first-order valence-electron chi connectivity index (χ1n) is 5.93. The van der Waals surface area contributed by atoms with Gasteiger partial charge in [-0.3, -0.25) is 0 Å². The standard InChI is InChI=1S/C14H20BrNO/c1-4-8-16(9-5-2)12-6-7-13(11(3)17)14(15)10-12/h4,6-7,10-11,17H,1,5,8-9H2,2-3H3/t11-/m1/s1. The van der Waals surface area contributed by atoms with Crippen molar-refractivity contribution in [1.82, 2.24) is 0 Å². The van der Waals surface area contributed by atoms with Crippen molar-refractivity contribution in [2.24, 2.45) is 0 Å². The highest BCUT2D eigenvalue weighted by Crippen LogP contribution is 2.28. The summed E-state index contributed by atoms with van der Waals surface area (Å²) in [4.78, 5) is 2.27. The summed E-state index contributed by atoms with van der Waals surface area (Å²) in [5, 5.41) is 9.58. The van der Waals surface area contributed by atoms with E-state index in [2.05, 4.69) is 40.4 Å². The second-order valence-corrected chi connectivity index (χ2v) is 4.97. The van der Waals surface area contributed by atoms with Gasteiger partial charge in [0.05, 0.1) is 6.10 Å². The molecule has 0 amide bonds. The van der Waals surface area contributed by atoms with E-state index in [1.54, 1.807) is 6.92 Å². The van der Waals surface area contributed by atoms with E-state index in [4.69, 9.17) is 0 Å². The van der Waals surface area contributed by atoms with Gasteiger partial charge in [0.1, 0.15) is 0 Å². The summed E-state index contributed by atoms with van der Waals surface area (Å²) in [5.41, 5.74) is 2.08. The molecule has 3 heteroatoms. The number of hydrogen-bond donors (Lipinski definition) is 1. The van der Waals surface area contributed by atoms with E-state index in [1.165, 1.54) is 0 Å². The molecule has 0 fully saturated rings. The van der Waals surface area contributed by atoms with Crippen LogP contribution in [0.15, 0.2) is 35.3 Å². The highest BCUT2D eigenvalue weighted by atomic mass is 79.9. The number of aliphatic hydroxyl groups excluding tert-OH is 1. The van der Waals surface area contributed by atoms with E-state index in [0.29, 0.717) is 0 Å². The predicted molar refractivity (Wildman–Crippen MR) is 77.5 cm³/mol. The van der Waals surface area contributed by atoms with E-state index in [-0.39, 0.29) is 0 Å². The van der Waals surface area contributed by atoms with Crippen LogP contribution in [0.1, 0.15) is 31.9 Å². The third-order valence-corrected chi connectivity index (χ3v) is 3.33. The summed E-state index contributed by atoms with van der Waals surface area (Å²) >= 11 is 3.51. The molecule has 0 aliphatic heterocycles. The van der Waals surface area contributed by atoms with E-state index in [1.807, 2.05) is 18.2 Å². The molecule has 0 aliphatic carbocycles. The zero-order valence-electron chi connectivity index (χ0n) is 10.5. The molecule has 0 saturated heterocycles. The van der Waals surface area contributed by atoms with Crippen LogP contribution in [0.3, 0.4) is 0 Å². The van der Waals surface area contributed by atoms with Gasteiger partial charge in [-0.05, 0) is 31.0 Å².